The van der Waals surface area contributed by atoms with Gasteiger partial charge in [-0.2, -0.15) is 4.98 Å². The van der Waals surface area contributed by atoms with Gasteiger partial charge in [0.05, 0.1) is 12.0 Å². The lowest BCUT2D eigenvalue weighted by Crippen LogP contribution is -2.24. The van der Waals surface area contributed by atoms with Crippen molar-refractivity contribution in [2.45, 2.75) is 13.3 Å². The molecule has 0 fully saturated rings. The van der Waals surface area contributed by atoms with Crippen molar-refractivity contribution < 1.29 is 9.13 Å². The number of nitrogens with zero attached hydrogens (tertiary/aromatic N) is 4. The van der Waals surface area contributed by atoms with E-state index in [1.54, 1.807) is 6.07 Å². The van der Waals surface area contributed by atoms with E-state index in [0.717, 1.165) is 17.1 Å². The molecule has 3 rings (SSSR count). The first-order chi connectivity index (χ1) is 11.9. The van der Waals surface area contributed by atoms with Crippen LogP contribution in [0, 0.1) is 5.82 Å². The summed E-state index contributed by atoms with van der Waals surface area (Å²) in [6.45, 7) is 2.32. The topological polar surface area (TPSA) is 69.9 Å². The van der Waals surface area contributed by atoms with E-state index < -0.39 is 16.7 Å². The number of fused-ring (bicyclic) bond motifs is 1. The van der Waals surface area contributed by atoms with E-state index in [2.05, 4.69) is 15.0 Å². The SMILES string of the molecule is CCCOc1ccnc(Cl)c1-n1c(=O)nc(Cl)c2cc(F)c(Cl)nc21. The fraction of sp³-hybridized carbons (Fsp3) is 0.200. The summed E-state index contributed by atoms with van der Waals surface area (Å²) in [5.74, 6) is -0.487. The van der Waals surface area contributed by atoms with E-state index in [0.29, 0.717) is 12.4 Å². The summed E-state index contributed by atoms with van der Waals surface area (Å²) in [4.78, 5) is 24.1. The molecule has 3 aromatic rings. The Bertz CT molecular complexity index is 1030. The van der Waals surface area contributed by atoms with Crippen LogP contribution < -0.4 is 10.4 Å². The van der Waals surface area contributed by atoms with Crippen LogP contribution in [0.1, 0.15) is 13.3 Å². The van der Waals surface area contributed by atoms with Gasteiger partial charge in [0.1, 0.15) is 16.6 Å². The van der Waals surface area contributed by atoms with Gasteiger partial charge in [0.2, 0.25) is 0 Å². The number of rotatable bonds is 4. The van der Waals surface area contributed by atoms with Crippen LogP contribution in [0.4, 0.5) is 4.39 Å². The van der Waals surface area contributed by atoms with Crippen molar-refractivity contribution >= 4 is 45.8 Å². The standard InChI is InChI=1S/C15H10Cl3FN4O2/c1-2-5-25-9-3-4-20-13(18)10(9)23-14-7(11(16)22-15(23)24)6-8(19)12(17)21-14/h3-4,6H,2,5H2,1H3. The average Bonchev–Trinajstić information content (AvgIpc) is 2.56. The lowest BCUT2D eigenvalue weighted by Gasteiger charge is -2.15. The van der Waals surface area contributed by atoms with Crippen molar-refractivity contribution in [1.82, 2.24) is 19.5 Å². The molecule has 3 aromatic heterocycles. The molecule has 0 spiro atoms. The average molecular weight is 404 g/mol. The molecule has 10 heteroatoms. The highest BCUT2D eigenvalue weighted by Gasteiger charge is 2.20. The van der Waals surface area contributed by atoms with Gasteiger partial charge in [-0.15, -0.1) is 0 Å². The molecule has 0 saturated carbocycles. The van der Waals surface area contributed by atoms with Crippen LogP contribution in [0.2, 0.25) is 15.5 Å². The summed E-state index contributed by atoms with van der Waals surface area (Å²) in [5, 5.41) is -0.526. The molecule has 130 valence electrons. The highest BCUT2D eigenvalue weighted by molar-refractivity contribution is 6.34. The third-order valence-corrected chi connectivity index (χ3v) is 4.09. The van der Waals surface area contributed by atoms with E-state index in [-0.39, 0.29) is 27.0 Å². The van der Waals surface area contributed by atoms with Crippen molar-refractivity contribution in [3.8, 4) is 11.4 Å². The van der Waals surface area contributed by atoms with Gasteiger partial charge in [0.25, 0.3) is 0 Å². The van der Waals surface area contributed by atoms with Crippen LogP contribution in [0.15, 0.2) is 23.1 Å². The predicted octanol–water partition coefficient (Wildman–Crippen LogP) is 4.06. The molecule has 0 radical (unpaired) electrons. The van der Waals surface area contributed by atoms with Crippen LogP contribution in [-0.2, 0) is 0 Å². The Morgan fingerprint density at radius 3 is 2.68 bits per heavy atom. The van der Waals surface area contributed by atoms with Crippen LogP contribution in [0.3, 0.4) is 0 Å². The van der Waals surface area contributed by atoms with E-state index in [9.17, 15) is 9.18 Å². The van der Waals surface area contributed by atoms with Gasteiger partial charge in [-0.25, -0.2) is 23.7 Å². The number of hydrogen-bond acceptors (Lipinski definition) is 5. The van der Waals surface area contributed by atoms with Gasteiger partial charge in [-0.1, -0.05) is 41.7 Å². The highest BCUT2D eigenvalue weighted by atomic mass is 35.5. The van der Waals surface area contributed by atoms with Crippen molar-refractivity contribution in [2.24, 2.45) is 0 Å². The molecular formula is C15H10Cl3FN4O2. The normalized spacial score (nSPS) is 11.1. The Balaban J connectivity index is 2.41. The van der Waals surface area contributed by atoms with E-state index in [1.807, 2.05) is 6.92 Å². The first-order valence-electron chi connectivity index (χ1n) is 7.16. The van der Waals surface area contributed by atoms with Gasteiger partial charge in [-0.05, 0) is 12.5 Å². The number of halogens is 4. The predicted molar refractivity (Wildman–Crippen MR) is 93.7 cm³/mol. The zero-order chi connectivity index (χ0) is 18.1. The molecule has 3 heterocycles. The largest absolute Gasteiger partial charge is 0.491 e. The lowest BCUT2D eigenvalue weighted by atomic mass is 10.3. The minimum atomic E-state index is -0.789. The van der Waals surface area contributed by atoms with Crippen molar-refractivity contribution in [3.05, 3.63) is 50.1 Å². The number of ether oxygens (including phenoxy) is 1. The molecule has 0 saturated heterocycles. The minimum absolute atomic E-state index is 0.00681. The third-order valence-electron chi connectivity index (χ3n) is 3.26. The Hall–Kier alpha value is -1.96. The van der Waals surface area contributed by atoms with Crippen molar-refractivity contribution in [2.75, 3.05) is 6.61 Å². The molecule has 0 aliphatic carbocycles. The monoisotopic (exact) mass is 402 g/mol. The van der Waals surface area contributed by atoms with Gasteiger partial charge < -0.3 is 4.74 Å². The molecule has 6 nitrogen and oxygen atoms in total. The second-order valence-corrected chi connectivity index (χ2v) is 6.02. The summed E-state index contributed by atoms with van der Waals surface area (Å²) in [7, 11) is 0. The fourth-order valence-electron chi connectivity index (χ4n) is 2.21. The summed E-state index contributed by atoms with van der Waals surface area (Å²) in [6, 6.07) is 2.60. The second kappa shape index (κ2) is 7.11. The molecule has 0 amide bonds. The van der Waals surface area contributed by atoms with Gasteiger partial charge in [-0.3, -0.25) is 0 Å². The van der Waals surface area contributed by atoms with Crippen molar-refractivity contribution in [1.29, 1.82) is 0 Å². The Morgan fingerprint density at radius 1 is 1.20 bits per heavy atom. The van der Waals surface area contributed by atoms with Gasteiger partial charge in [0, 0.05) is 12.3 Å². The zero-order valence-electron chi connectivity index (χ0n) is 12.8. The Morgan fingerprint density at radius 2 is 1.96 bits per heavy atom. The summed E-state index contributed by atoms with van der Waals surface area (Å²) in [6.07, 6.45) is 2.18. The molecule has 25 heavy (non-hydrogen) atoms. The minimum Gasteiger partial charge on any atom is -0.491 e. The van der Waals surface area contributed by atoms with Crippen LogP contribution >= 0.6 is 34.8 Å². The smallest absolute Gasteiger partial charge is 0.355 e. The fourth-order valence-corrected chi connectivity index (χ4v) is 2.79. The van der Waals surface area contributed by atoms with Crippen LogP contribution in [0.25, 0.3) is 16.7 Å². The van der Waals surface area contributed by atoms with E-state index in [4.69, 9.17) is 39.5 Å². The first kappa shape index (κ1) is 17.8. The second-order valence-electron chi connectivity index (χ2n) is 4.95. The molecule has 0 unspecified atom stereocenters. The quantitative estimate of drug-likeness (QED) is 0.485. The van der Waals surface area contributed by atoms with Gasteiger partial charge >= 0.3 is 5.69 Å². The summed E-state index contributed by atoms with van der Waals surface area (Å²) in [5.41, 5.74) is -0.650. The van der Waals surface area contributed by atoms with Gasteiger partial charge in [0.15, 0.2) is 21.8 Å². The number of pyridine rings is 2. The number of aromatic nitrogens is 4. The van der Waals surface area contributed by atoms with Crippen LogP contribution in [0.5, 0.6) is 5.75 Å². The highest BCUT2D eigenvalue weighted by Crippen LogP contribution is 2.31. The van der Waals surface area contributed by atoms with Crippen LogP contribution in [-0.4, -0.2) is 26.1 Å². The Labute approximate surface area is 156 Å². The zero-order valence-corrected chi connectivity index (χ0v) is 15.0. The van der Waals surface area contributed by atoms with E-state index in [1.165, 1.54) is 6.20 Å². The molecule has 0 bridgehead atoms. The molecule has 0 aromatic carbocycles. The molecule has 0 N–H and O–H groups in total. The maximum absolute atomic E-state index is 13.8. The van der Waals surface area contributed by atoms with E-state index >= 15 is 0 Å². The molecule has 0 aliphatic heterocycles. The Kier molecular flexibility index (Phi) is 5.08. The summed E-state index contributed by atoms with van der Waals surface area (Å²) >= 11 is 17.9. The maximum atomic E-state index is 13.8. The maximum Gasteiger partial charge on any atom is 0.355 e. The molecule has 0 atom stereocenters. The first-order valence-corrected chi connectivity index (χ1v) is 8.29. The third kappa shape index (κ3) is 3.27. The van der Waals surface area contributed by atoms with Crippen molar-refractivity contribution in [3.63, 3.8) is 0 Å². The summed E-state index contributed by atoms with van der Waals surface area (Å²) < 4.78 is 20.4. The molecular weight excluding hydrogens is 394 g/mol. The number of hydrogen-bond donors (Lipinski definition) is 0. The lowest BCUT2D eigenvalue weighted by molar-refractivity contribution is 0.316. The molecule has 0 aliphatic rings.